The van der Waals surface area contributed by atoms with Gasteiger partial charge in [0.1, 0.15) is 12.1 Å². The van der Waals surface area contributed by atoms with Crippen LogP contribution in [0.15, 0.2) is 47.3 Å². The first-order valence-corrected chi connectivity index (χ1v) is 7.19. The molecule has 0 atom stereocenters. The number of aromatic nitrogens is 3. The minimum absolute atomic E-state index is 0.0835. The monoisotopic (exact) mass is 365 g/mol. The van der Waals surface area contributed by atoms with Gasteiger partial charge in [-0.05, 0) is 12.1 Å². The summed E-state index contributed by atoms with van der Waals surface area (Å²) in [6.07, 6.45) is -2.91. The van der Waals surface area contributed by atoms with Crippen molar-refractivity contribution < 1.29 is 31.9 Å². The number of aromatic amines is 1. The average Bonchev–Trinajstić information content (AvgIpc) is 3.26. The van der Waals surface area contributed by atoms with Crippen LogP contribution in [0.2, 0.25) is 0 Å². The fourth-order valence-electron chi connectivity index (χ4n) is 2.13. The topological polar surface area (TPSA) is 98.1 Å². The zero-order valence-corrected chi connectivity index (χ0v) is 12.9. The molecule has 0 saturated carbocycles. The van der Waals surface area contributed by atoms with Gasteiger partial charge in [0.2, 0.25) is 5.78 Å². The number of halogens is 3. The Balaban J connectivity index is 1.80. The Kier molecular flexibility index (Phi) is 4.57. The molecule has 0 saturated heterocycles. The van der Waals surface area contributed by atoms with E-state index in [2.05, 4.69) is 15.2 Å². The van der Waals surface area contributed by atoms with Crippen LogP contribution in [0, 0.1) is 0 Å². The van der Waals surface area contributed by atoms with E-state index >= 15 is 0 Å². The molecular weight excluding hydrogens is 355 g/mol. The van der Waals surface area contributed by atoms with Gasteiger partial charge in [0.15, 0.2) is 17.3 Å². The number of para-hydroxylation sites is 1. The molecule has 26 heavy (non-hydrogen) atoms. The first-order chi connectivity index (χ1) is 12.4. The maximum atomic E-state index is 13.0. The van der Waals surface area contributed by atoms with Crippen molar-refractivity contribution in [2.24, 2.45) is 0 Å². The van der Waals surface area contributed by atoms with E-state index in [1.807, 2.05) is 0 Å². The lowest BCUT2D eigenvalue weighted by atomic mass is 10.1. The Labute approximate surface area is 143 Å². The lowest BCUT2D eigenvalue weighted by Gasteiger charge is -2.13. The van der Waals surface area contributed by atoms with Crippen LogP contribution >= 0.6 is 0 Å². The number of Topliss-reactive ketones (excluding diaryl/α,β-unsaturated/α-hetero) is 2. The summed E-state index contributed by atoms with van der Waals surface area (Å²) in [5, 5.41) is 5.72. The van der Waals surface area contributed by atoms with Crippen LogP contribution in [0.1, 0.15) is 21.9 Å². The number of carbonyl (C=O) groups excluding carboxylic acids is 2. The molecule has 7 nitrogen and oxygen atoms in total. The van der Waals surface area contributed by atoms with Crippen molar-refractivity contribution in [3.05, 3.63) is 60.1 Å². The quantitative estimate of drug-likeness (QED) is 0.532. The Morgan fingerprint density at radius 1 is 1.15 bits per heavy atom. The van der Waals surface area contributed by atoms with E-state index in [1.165, 1.54) is 18.2 Å². The third-order valence-electron chi connectivity index (χ3n) is 3.32. The van der Waals surface area contributed by atoms with Gasteiger partial charge in [-0.3, -0.25) is 14.7 Å². The summed E-state index contributed by atoms with van der Waals surface area (Å²) in [5.41, 5.74) is -0.976. The molecule has 0 amide bonds. The Morgan fingerprint density at radius 2 is 1.92 bits per heavy atom. The number of rotatable bonds is 6. The highest BCUT2D eigenvalue weighted by molar-refractivity contribution is 6.43. The van der Waals surface area contributed by atoms with Crippen molar-refractivity contribution in [3.8, 4) is 11.5 Å². The van der Waals surface area contributed by atoms with Crippen LogP contribution in [-0.2, 0) is 17.4 Å². The van der Waals surface area contributed by atoms with Gasteiger partial charge in [0.05, 0.1) is 18.2 Å². The summed E-state index contributed by atoms with van der Waals surface area (Å²) in [5.74, 6) is -2.69. The number of hydrogen-bond acceptors (Lipinski definition) is 6. The second-order valence-electron chi connectivity index (χ2n) is 5.07. The summed E-state index contributed by atoms with van der Waals surface area (Å²) >= 11 is 0. The Morgan fingerprint density at radius 3 is 2.62 bits per heavy atom. The molecule has 3 rings (SSSR count). The summed E-state index contributed by atoms with van der Waals surface area (Å²) in [4.78, 5) is 27.5. The minimum atomic E-state index is -4.61. The van der Waals surface area contributed by atoms with Crippen LogP contribution in [0.3, 0.4) is 0 Å². The highest BCUT2D eigenvalue weighted by Crippen LogP contribution is 2.38. The molecule has 134 valence electrons. The predicted octanol–water partition coefficient (Wildman–Crippen LogP) is 3.20. The van der Waals surface area contributed by atoms with Crippen molar-refractivity contribution in [1.29, 1.82) is 0 Å². The highest BCUT2D eigenvalue weighted by atomic mass is 19.4. The van der Waals surface area contributed by atoms with Crippen molar-refractivity contribution in [1.82, 2.24) is 15.2 Å². The second-order valence-corrected chi connectivity index (χ2v) is 5.07. The standard InChI is InChI=1S/C16H10F3N3O4/c17-16(18,19)9-3-1-2-4-11(9)26-12-5-6-25-13(12)7-10(23)14(24)15-20-8-21-22-15/h1-6,8H,7H2,(H,20,21,22). The summed E-state index contributed by atoms with van der Waals surface area (Å²) in [6, 6.07) is 5.87. The third-order valence-corrected chi connectivity index (χ3v) is 3.32. The Hall–Kier alpha value is -3.43. The van der Waals surface area contributed by atoms with Crippen LogP contribution in [-0.4, -0.2) is 26.7 Å². The zero-order chi connectivity index (χ0) is 18.7. The molecule has 2 aromatic heterocycles. The molecule has 0 spiro atoms. The molecule has 2 heterocycles. The smallest absolute Gasteiger partial charge is 0.419 e. The zero-order valence-electron chi connectivity index (χ0n) is 12.9. The number of ether oxygens (including phenoxy) is 1. The molecule has 3 aromatic rings. The second kappa shape index (κ2) is 6.82. The molecule has 0 aliphatic rings. The first-order valence-electron chi connectivity index (χ1n) is 7.19. The number of carbonyl (C=O) groups is 2. The number of alkyl halides is 3. The van der Waals surface area contributed by atoms with Crippen LogP contribution in [0.4, 0.5) is 13.2 Å². The fraction of sp³-hybridized carbons (Fsp3) is 0.125. The molecule has 10 heteroatoms. The van der Waals surface area contributed by atoms with E-state index in [1.54, 1.807) is 0 Å². The molecule has 1 aromatic carbocycles. The van der Waals surface area contributed by atoms with Gasteiger partial charge in [-0.25, -0.2) is 4.98 Å². The van der Waals surface area contributed by atoms with Crippen molar-refractivity contribution in [3.63, 3.8) is 0 Å². The van der Waals surface area contributed by atoms with Gasteiger partial charge in [0, 0.05) is 6.07 Å². The van der Waals surface area contributed by atoms with E-state index in [0.717, 1.165) is 24.7 Å². The number of hydrogen-bond donors (Lipinski definition) is 1. The predicted molar refractivity (Wildman–Crippen MR) is 79.7 cm³/mol. The molecule has 1 N–H and O–H groups in total. The molecule has 0 aliphatic heterocycles. The average molecular weight is 365 g/mol. The van der Waals surface area contributed by atoms with E-state index in [9.17, 15) is 22.8 Å². The highest BCUT2D eigenvalue weighted by Gasteiger charge is 2.34. The number of nitrogens with zero attached hydrogens (tertiary/aromatic N) is 2. The molecule has 0 unspecified atom stereocenters. The maximum Gasteiger partial charge on any atom is 0.419 e. The number of nitrogens with one attached hydrogen (secondary N) is 1. The van der Waals surface area contributed by atoms with Crippen molar-refractivity contribution >= 4 is 11.6 Å². The Bertz CT molecular complexity index is 932. The van der Waals surface area contributed by atoms with Crippen molar-refractivity contribution in [2.45, 2.75) is 12.6 Å². The van der Waals surface area contributed by atoms with Gasteiger partial charge in [-0.2, -0.15) is 18.3 Å². The van der Waals surface area contributed by atoms with Gasteiger partial charge >= 0.3 is 6.18 Å². The molecule has 0 aliphatic carbocycles. The lowest BCUT2D eigenvalue weighted by molar-refractivity contribution is -0.138. The fourth-order valence-corrected chi connectivity index (χ4v) is 2.13. The molecule has 0 fully saturated rings. The number of furan rings is 1. The molecule has 0 radical (unpaired) electrons. The first kappa shape index (κ1) is 17.4. The van der Waals surface area contributed by atoms with Crippen LogP contribution in [0.25, 0.3) is 0 Å². The summed E-state index contributed by atoms with van der Waals surface area (Å²) in [7, 11) is 0. The van der Waals surface area contributed by atoms with E-state index < -0.39 is 35.5 Å². The van der Waals surface area contributed by atoms with Gasteiger partial charge < -0.3 is 9.15 Å². The number of benzene rings is 1. The van der Waals surface area contributed by atoms with Crippen molar-refractivity contribution in [2.75, 3.05) is 0 Å². The van der Waals surface area contributed by atoms with Gasteiger partial charge in [-0.1, -0.05) is 12.1 Å². The number of H-pyrrole nitrogens is 1. The summed E-state index contributed by atoms with van der Waals surface area (Å²) in [6.45, 7) is 0. The largest absolute Gasteiger partial charge is 0.465 e. The normalized spacial score (nSPS) is 11.3. The maximum absolute atomic E-state index is 13.0. The van der Waals surface area contributed by atoms with E-state index in [4.69, 9.17) is 9.15 Å². The summed E-state index contributed by atoms with van der Waals surface area (Å²) < 4.78 is 49.4. The van der Waals surface area contributed by atoms with Crippen LogP contribution < -0.4 is 4.74 Å². The van der Waals surface area contributed by atoms with E-state index in [-0.39, 0.29) is 17.3 Å². The third kappa shape index (κ3) is 3.63. The van der Waals surface area contributed by atoms with Gasteiger partial charge in [0.25, 0.3) is 5.78 Å². The van der Waals surface area contributed by atoms with E-state index in [0.29, 0.717) is 0 Å². The number of ketones is 2. The molecule has 0 bridgehead atoms. The van der Waals surface area contributed by atoms with Gasteiger partial charge in [-0.15, -0.1) is 0 Å². The molecular formula is C16H10F3N3O4. The minimum Gasteiger partial charge on any atom is -0.465 e. The SMILES string of the molecule is O=C(Cc1occc1Oc1ccccc1C(F)(F)F)C(=O)c1ncn[nH]1. The lowest BCUT2D eigenvalue weighted by Crippen LogP contribution is -2.18. The van der Waals surface area contributed by atoms with Crippen LogP contribution in [0.5, 0.6) is 11.5 Å².